The standard InChI is InChI=1S/C39H44N4O9S/c1-39(2,3)52-38(45)41-35(37(44)42-53(48,49)33-22-23-34(36(25-33)43(46)47)40-29-10-6-4-7-11-29)24-27-14-18-30(19-15-27)50-26-28-16-20-32(21-17-28)51-31-12-8-5-9-13-31/h5,8-9,12-23,25,29,35,40H,4,6-7,10-11,24,26H2,1-3H3,(H,41,45)(H,42,44)/t35-/m0/s1. The number of alkyl carbamates (subject to hydrolysis) is 1. The lowest BCUT2D eigenvalue weighted by atomic mass is 9.95. The Kier molecular flexibility index (Phi) is 12.6. The Bertz CT molecular complexity index is 1980. The van der Waals surface area contributed by atoms with Crippen molar-refractivity contribution in [3.05, 3.63) is 118 Å². The molecule has 0 saturated heterocycles. The van der Waals surface area contributed by atoms with E-state index in [9.17, 15) is 28.1 Å². The minimum absolute atomic E-state index is 0.0446. The molecule has 0 heterocycles. The average molecular weight is 745 g/mol. The molecule has 13 nitrogen and oxygen atoms in total. The summed E-state index contributed by atoms with van der Waals surface area (Å²) in [5, 5.41) is 17.6. The van der Waals surface area contributed by atoms with Gasteiger partial charge in [-0.05, 0) is 93.3 Å². The van der Waals surface area contributed by atoms with Crippen molar-refractivity contribution in [2.24, 2.45) is 0 Å². The highest BCUT2D eigenvalue weighted by molar-refractivity contribution is 7.90. The van der Waals surface area contributed by atoms with E-state index >= 15 is 0 Å². The molecule has 1 atom stereocenters. The maximum atomic E-state index is 13.5. The van der Waals surface area contributed by atoms with Gasteiger partial charge in [0.15, 0.2) is 0 Å². The predicted molar refractivity (Wildman–Crippen MR) is 200 cm³/mol. The van der Waals surface area contributed by atoms with E-state index in [0.29, 0.717) is 17.1 Å². The second-order valence-corrected chi connectivity index (χ2v) is 15.5. The molecule has 0 unspecified atom stereocenters. The lowest BCUT2D eigenvalue weighted by molar-refractivity contribution is -0.384. The van der Waals surface area contributed by atoms with Crippen LogP contribution in [0.1, 0.15) is 64.0 Å². The Morgan fingerprint density at radius 1 is 0.849 bits per heavy atom. The minimum atomic E-state index is -4.58. The van der Waals surface area contributed by atoms with Crippen LogP contribution in [0.3, 0.4) is 0 Å². The third-order valence-corrected chi connectivity index (χ3v) is 9.70. The van der Waals surface area contributed by atoms with Crippen LogP contribution >= 0.6 is 0 Å². The summed E-state index contributed by atoms with van der Waals surface area (Å²) in [6.45, 7) is 5.23. The fourth-order valence-electron chi connectivity index (χ4n) is 5.74. The zero-order valence-electron chi connectivity index (χ0n) is 29.9. The number of anilines is 1. The van der Waals surface area contributed by atoms with Crippen LogP contribution in [0.4, 0.5) is 16.2 Å². The van der Waals surface area contributed by atoms with Gasteiger partial charge in [-0.2, -0.15) is 0 Å². The second-order valence-electron chi connectivity index (χ2n) is 13.8. The van der Waals surface area contributed by atoms with Gasteiger partial charge in [-0.1, -0.05) is 61.7 Å². The number of carbonyl (C=O) groups excluding carboxylic acids is 2. The molecule has 0 aromatic heterocycles. The Balaban J connectivity index is 1.24. The molecule has 14 heteroatoms. The van der Waals surface area contributed by atoms with Crippen LogP contribution in [0.5, 0.6) is 17.2 Å². The Morgan fingerprint density at radius 2 is 1.47 bits per heavy atom. The van der Waals surface area contributed by atoms with Crippen molar-refractivity contribution in [1.29, 1.82) is 0 Å². The van der Waals surface area contributed by atoms with Crippen LogP contribution in [0.15, 0.2) is 102 Å². The Hall–Kier alpha value is -5.63. The number of ether oxygens (including phenoxy) is 3. The first kappa shape index (κ1) is 38.6. The van der Waals surface area contributed by atoms with Crippen LogP contribution in [0, 0.1) is 10.1 Å². The quantitative estimate of drug-likeness (QED) is 0.0859. The molecule has 0 bridgehead atoms. The minimum Gasteiger partial charge on any atom is -0.489 e. The molecular weight excluding hydrogens is 701 g/mol. The zero-order chi connectivity index (χ0) is 38.0. The van der Waals surface area contributed by atoms with Crippen molar-refractivity contribution in [2.75, 3.05) is 5.32 Å². The number of amides is 2. The summed E-state index contributed by atoms with van der Waals surface area (Å²) in [5.74, 6) is 0.919. The van der Waals surface area contributed by atoms with Gasteiger partial charge in [0.2, 0.25) is 0 Å². The number of para-hydroxylation sites is 1. The molecule has 4 aromatic rings. The molecule has 1 fully saturated rings. The molecule has 1 saturated carbocycles. The van der Waals surface area contributed by atoms with Gasteiger partial charge in [0.25, 0.3) is 21.6 Å². The van der Waals surface area contributed by atoms with Gasteiger partial charge in [0, 0.05) is 18.5 Å². The molecule has 2 amide bonds. The number of nitrogens with zero attached hydrogens (tertiary/aromatic N) is 1. The molecule has 280 valence electrons. The molecule has 0 aliphatic heterocycles. The summed E-state index contributed by atoms with van der Waals surface area (Å²) in [7, 11) is -4.58. The Morgan fingerprint density at radius 3 is 2.11 bits per heavy atom. The normalized spacial score (nSPS) is 14.0. The van der Waals surface area contributed by atoms with Crippen molar-refractivity contribution in [2.45, 2.75) is 88.5 Å². The molecule has 4 aromatic carbocycles. The fourth-order valence-corrected chi connectivity index (χ4v) is 6.78. The summed E-state index contributed by atoms with van der Waals surface area (Å²) in [6, 6.07) is 25.8. The average Bonchev–Trinajstić information content (AvgIpc) is 3.11. The number of sulfonamides is 1. The second kappa shape index (κ2) is 17.3. The van der Waals surface area contributed by atoms with Gasteiger partial charge in [-0.15, -0.1) is 0 Å². The van der Waals surface area contributed by atoms with Gasteiger partial charge in [0.1, 0.15) is 41.2 Å². The SMILES string of the molecule is CC(C)(C)OC(=O)N[C@@H](Cc1ccc(OCc2ccc(Oc3ccccc3)cc2)cc1)C(=O)NS(=O)(=O)c1ccc(NC2CCCCC2)c([N+](=O)[O-])c1. The Labute approximate surface area is 309 Å². The van der Waals surface area contributed by atoms with E-state index in [0.717, 1.165) is 49.5 Å². The van der Waals surface area contributed by atoms with Crippen molar-refractivity contribution in [1.82, 2.24) is 10.0 Å². The highest BCUT2D eigenvalue weighted by Gasteiger charge is 2.30. The number of hydrogen-bond acceptors (Lipinski definition) is 10. The first-order valence-corrected chi connectivity index (χ1v) is 18.9. The van der Waals surface area contributed by atoms with Gasteiger partial charge < -0.3 is 24.8 Å². The first-order chi connectivity index (χ1) is 25.2. The van der Waals surface area contributed by atoms with Crippen molar-refractivity contribution in [3.8, 4) is 17.2 Å². The number of benzene rings is 4. The topological polar surface area (TPSA) is 175 Å². The largest absolute Gasteiger partial charge is 0.489 e. The molecule has 3 N–H and O–H groups in total. The van der Waals surface area contributed by atoms with Crippen molar-refractivity contribution >= 4 is 33.4 Å². The van der Waals surface area contributed by atoms with Gasteiger partial charge >= 0.3 is 6.09 Å². The zero-order valence-corrected chi connectivity index (χ0v) is 30.7. The number of hydrogen-bond donors (Lipinski definition) is 3. The molecule has 1 aliphatic carbocycles. The predicted octanol–water partition coefficient (Wildman–Crippen LogP) is 7.65. The summed E-state index contributed by atoms with van der Waals surface area (Å²) in [4.78, 5) is 37.0. The van der Waals surface area contributed by atoms with Crippen molar-refractivity contribution < 1.29 is 37.1 Å². The van der Waals surface area contributed by atoms with Gasteiger partial charge in [-0.25, -0.2) is 17.9 Å². The summed E-state index contributed by atoms with van der Waals surface area (Å²) >= 11 is 0. The van der Waals surface area contributed by atoms with Crippen LogP contribution in [-0.2, 0) is 32.6 Å². The number of nitro benzene ring substituents is 1. The monoisotopic (exact) mass is 744 g/mol. The summed E-state index contributed by atoms with van der Waals surface area (Å²) < 4.78 is 45.8. The molecule has 0 spiro atoms. The first-order valence-electron chi connectivity index (χ1n) is 17.4. The number of rotatable bonds is 14. The van der Waals surface area contributed by atoms with E-state index in [4.69, 9.17) is 14.2 Å². The number of carbonyl (C=O) groups is 2. The lowest BCUT2D eigenvalue weighted by Gasteiger charge is -2.24. The van der Waals surface area contributed by atoms with E-state index in [1.807, 2.05) is 59.3 Å². The fraction of sp³-hybridized carbons (Fsp3) is 0.333. The van der Waals surface area contributed by atoms with E-state index in [1.165, 1.54) is 12.1 Å². The third kappa shape index (κ3) is 11.7. The van der Waals surface area contributed by atoms with Crippen molar-refractivity contribution in [3.63, 3.8) is 0 Å². The molecule has 0 radical (unpaired) electrons. The van der Waals surface area contributed by atoms with Crippen LogP contribution < -0.4 is 24.8 Å². The molecule has 1 aliphatic rings. The highest BCUT2D eigenvalue weighted by Crippen LogP contribution is 2.31. The smallest absolute Gasteiger partial charge is 0.408 e. The van der Waals surface area contributed by atoms with Gasteiger partial charge in [-0.3, -0.25) is 14.9 Å². The molecular formula is C39H44N4O9S. The van der Waals surface area contributed by atoms with E-state index < -0.39 is 49.2 Å². The maximum Gasteiger partial charge on any atom is 0.408 e. The molecule has 53 heavy (non-hydrogen) atoms. The van der Waals surface area contributed by atoms with Crippen LogP contribution in [0.2, 0.25) is 0 Å². The summed E-state index contributed by atoms with van der Waals surface area (Å²) in [5.41, 5.74) is 0.385. The van der Waals surface area contributed by atoms with E-state index in [1.54, 1.807) is 45.0 Å². The molecule has 5 rings (SSSR count). The number of nitro groups is 1. The van der Waals surface area contributed by atoms with E-state index in [-0.39, 0.29) is 24.8 Å². The highest BCUT2D eigenvalue weighted by atomic mass is 32.2. The number of nitrogens with one attached hydrogen (secondary N) is 3. The van der Waals surface area contributed by atoms with Gasteiger partial charge in [0.05, 0.1) is 9.82 Å². The van der Waals surface area contributed by atoms with E-state index in [2.05, 4.69) is 10.6 Å². The lowest BCUT2D eigenvalue weighted by Crippen LogP contribution is -2.50. The van der Waals surface area contributed by atoms with Crippen LogP contribution in [-0.4, -0.2) is 43.0 Å². The van der Waals surface area contributed by atoms with Crippen LogP contribution in [0.25, 0.3) is 0 Å². The third-order valence-electron chi connectivity index (χ3n) is 8.35. The summed E-state index contributed by atoms with van der Waals surface area (Å²) in [6.07, 6.45) is 3.79. The maximum absolute atomic E-state index is 13.5.